The fraction of sp³-hybridized carbons (Fsp3) is 0.308. The van der Waals surface area contributed by atoms with E-state index in [0.29, 0.717) is 6.42 Å². The molecule has 0 radical (unpaired) electrons. The number of halogens is 1. The summed E-state index contributed by atoms with van der Waals surface area (Å²) in [5.41, 5.74) is 2.04. The molecule has 1 aliphatic rings. The Morgan fingerprint density at radius 3 is 3.00 bits per heavy atom. The fourth-order valence-electron chi connectivity index (χ4n) is 2.30. The molecule has 0 spiro atoms. The molecule has 1 atom stereocenters. The molecule has 88 valence electrons. The number of imidazole rings is 1. The van der Waals surface area contributed by atoms with E-state index in [0.717, 1.165) is 35.1 Å². The first-order valence-corrected chi connectivity index (χ1v) is 6.11. The van der Waals surface area contributed by atoms with Crippen LogP contribution < -0.4 is 0 Å². The number of hydrogen-bond donors (Lipinski definition) is 1. The summed E-state index contributed by atoms with van der Waals surface area (Å²) in [6, 6.07) is 7.77. The molecule has 0 aliphatic carbocycles. The van der Waals surface area contributed by atoms with Crippen molar-refractivity contribution in [3.8, 4) is 11.3 Å². The van der Waals surface area contributed by atoms with Gasteiger partial charge < -0.3 is 9.67 Å². The second kappa shape index (κ2) is 4.17. The van der Waals surface area contributed by atoms with Gasteiger partial charge in [-0.1, -0.05) is 29.8 Å². The van der Waals surface area contributed by atoms with E-state index in [1.165, 1.54) is 0 Å². The second-order valence-corrected chi connectivity index (χ2v) is 4.74. The van der Waals surface area contributed by atoms with E-state index >= 15 is 0 Å². The maximum atomic E-state index is 9.61. The molecule has 3 rings (SSSR count). The summed E-state index contributed by atoms with van der Waals surface area (Å²) in [5.74, 6) is 0.943. The van der Waals surface area contributed by atoms with Crippen LogP contribution in [0.5, 0.6) is 0 Å². The Morgan fingerprint density at radius 1 is 1.35 bits per heavy atom. The first kappa shape index (κ1) is 10.8. The molecular formula is C13H13ClN2O. The van der Waals surface area contributed by atoms with Crippen LogP contribution in [0.1, 0.15) is 12.2 Å². The molecule has 2 heterocycles. The van der Waals surface area contributed by atoms with Crippen LogP contribution in [0.25, 0.3) is 11.3 Å². The predicted octanol–water partition coefficient (Wildman–Crippen LogP) is 2.51. The number of fused-ring (bicyclic) bond motifs is 1. The highest BCUT2D eigenvalue weighted by Gasteiger charge is 2.21. The zero-order chi connectivity index (χ0) is 11.8. The van der Waals surface area contributed by atoms with Crippen molar-refractivity contribution in [3.63, 3.8) is 0 Å². The third kappa shape index (κ3) is 1.85. The Balaban J connectivity index is 2.09. The molecule has 4 heteroatoms. The summed E-state index contributed by atoms with van der Waals surface area (Å²) in [6.07, 6.45) is 2.99. The van der Waals surface area contributed by atoms with Crippen molar-refractivity contribution in [1.82, 2.24) is 9.55 Å². The predicted molar refractivity (Wildman–Crippen MR) is 67.0 cm³/mol. The smallest absolute Gasteiger partial charge is 0.111 e. The highest BCUT2D eigenvalue weighted by molar-refractivity contribution is 6.33. The van der Waals surface area contributed by atoms with Gasteiger partial charge in [0.2, 0.25) is 0 Å². The zero-order valence-electron chi connectivity index (χ0n) is 9.31. The standard InChI is InChI=1S/C13H13ClN2O/c14-11-4-2-1-3-10(11)12-8-15-13-7-9(17)5-6-16(12)13/h1-4,8-9,17H,5-7H2. The van der Waals surface area contributed by atoms with Crippen molar-refractivity contribution in [3.05, 3.63) is 41.3 Å². The Morgan fingerprint density at radius 2 is 2.18 bits per heavy atom. The third-order valence-corrected chi connectivity index (χ3v) is 3.52. The lowest BCUT2D eigenvalue weighted by atomic mass is 10.1. The van der Waals surface area contributed by atoms with Crippen molar-refractivity contribution < 1.29 is 5.11 Å². The van der Waals surface area contributed by atoms with Crippen molar-refractivity contribution in [2.45, 2.75) is 25.5 Å². The van der Waals surface area contributed by atoms with Gasteiger partial charge in [-0.05, 0) is 12.5 Å². The van der Waals surface area contributed by atoms with Crippen molar-refractivity contribution >= 4 is 11.6 Å². The molecule has 2 aromatic rings. The zero-order valence-corrected chi connectivity index (χ0v) is 10.1. The van der Waals surface area contributed by atoms with Gasteiger partial charge in [-0.2, -0.15) is 0 Å². The molecule has 1 aromatic heterocycles. The quantitative estimate of drug-likeness (QED) is 0.842. The van der Waals surface area contributed by atoms with Crippen LogP contribution >= 0.6 is 11.6 Å². The number of aromatic nitrogens is 2. The summed E-state index contributed by atoms with van der Waals surface area (Å²) in [4.78, 5) is 4.37. The van der Waals surface area contributed by atoms with Gasteiger partial charge in [0.25, 0.3) is 0 Å². The monoisotopic (exact) mass is 248 g/mol. The summed E-state index contributed by atoms with van der Waals surface area (Å²) in [6.45, 7) is 0.803. The van der Waals surface area contributed by atoms with Crippen LogP contribution in [0.3, 0.4) is 0 Å². The second-order valence-electron chi connectivity index (χ2n) is 4.34. The number of rotatable bonds is 1. The number of nitrogens with zero attached hydrogens (tertiary/aromatic N) is 2. The first-order valence-electron chi connectivity index (χ1n) is 5.73. The maximum absolute atomic E-state index is 9.61. The van der Waals surface area contributed by atoms with E-state index in [-0.39, 0.29) is 6.10 Å². The fourth-order valence-corrected chi connectivity index (χ4v) is 2.53. The molecule has 0 fully saturated rings. The van der Waals surface area contributed by atoms with Crippen LogP contribution in [-0.4, -0.2) is 20.8 Å². The topological polar surface area (TPSA) is 38.0 Å². The van der Waals surface area contributed by atoms with Crippen LogP contribution in [0.15, 0.2) is 30.5 Å². The van der Waals surface area contributed by atoms with Gasteiger partial charge in [0.15, 0.2) is 0 Å². The van der Waals surface area contributed by atoms with E-state index in [1.807, 2.05) is 30.5 Å². The van der Waals surface area contributed by atoms with Gasteiger partial charge in [0.1, 0.15) is 5.82 Å². The summed E-state index contributed by atoms with van der Waals surface area (Å²) in [7, 11) is 0. The molecule has 0 bridgehead atoms. The van der Waals surface area contributed by atoms with Gasteiger partial charge in [-0.3, -0.25) is 0 Å². The number of benzene rings is 1. The van der Waals surface area contributed by atoms with Crippen molar-refractivity contribution in [2.24, 2.45) is 0 Å². The summed E-state index contributed by atoms with van der Waals surface area (Å²) >= 11 is 6.20. The lowest BCUT2D eigenvalue weighted by Crippen LogP contribution is -2.23. The number of aliphatic hydroxyl groups is 1. The molecule has 17 heavy (non-hydrogen) atoms. The lowest BCUT2D eigenvalue weighted by molar-refractivity contribution is 0.142. The minimum atomic E-state index is -0.260. The molecule has 0 saturated carbocycles. The molecule has 1 unspecified atom stereocenters. The molecule has 0 amide bonds. The van der Waals surface area contributed by atoms with Gasteiger partial charge in [0.05, 0.1) is 18.0 Å². The lowest BCUT2D eigenvalue weighted by Gasteiger charge is -2.21. The SMILES string of the molecule is OC1CCn2c(-c3ccccc3Cl)cnc2C1. The van der Waals surface area contributed by atoms with Crippen LogP contribution in [-0.2, 0) is 13.0 Å². The third-order valence-electron chi connectivity index (χ3n) is 3.19. The summed E-state index contributed by atoms with van der Waals surface area (Å²) < 4.78 is 2.15. The van der Waals surface area contributed by atoms with E-state index in [9.17, 15) is 5.11 Å². The van der Waals surface area contributed by atoms with Crippen molar-refractivity contribution in [1.29, 1.82) is 0 Å². The maximum Gasteiger partial charge on any atom is 0.111 e. The van der Waals surface area contributed by atoms with Crippen LogP contribution in [0, 0.1) is 0 Å². The van der Waals surface area contributed by atoms with Crippen LogP contribution in [0.4, 0.5) is 0 Å². The molecule has 3 nitrogen and oxygen atoms in total. The van der Waals surface area contributed by atoms with Gasteiger partial charge >= 0.3 is 0 Å². The Hall–Kier alpha value is -1.32. The minimum absolute atomic E-state index is 0.260. The Labute approximate surface area is 105 Å². The van der Waals surface area contributed by atoms with Crippen LogP contribution in [0.2, 0.25) is 5.02 Å². The molecule has 1 aliphatic heterocycles. The van der Waals surface area contributed by atoms with Gasteiger partial charge in [-0.25, -0.2) is 4.98 Å². The van der Waals surface area contributed by atoms with Crippen molar-refractivity contribution in [2.75, 3.05) is 0 Å². The molecule has 1 aromatic carbocycles. The van der Waals surface area contributed by atoms with Gasteiger partial charge in [-0.15, -0.1) is 0 Å². The Kier molecular flexibility index (Phi) is 2.65. The molecule has 1 N–H and O–H groups in total. The van der Waals surface area contributed by atoms with Gasteiger partial charge in [0, 0.05) is 23.6 Å². The van der Waals surface area contributed by atoms with E-state index < -0.39 is 0 Å². The first-order chi connectivity index (χ1) is 8.25. The minimum Gasteiger partial charge on any atom is -0.393 e. The largest absolute Gasteiger partial charge is 0.393 e. The average molecular weight is 249 g/mol. The number of hydrogen-bond acceptors (Lipinski definition) is 2. The summed E-state index contributed by atoms with van der Waals surface area (Å²) in [5, 5.41) is 10.3. The van der Waals surface area contributed by atoms with E-state index in [2.05, 4.69) is 9.55 Å². The average Bonchev–Trinajstić information content (AvgIpc) is 2.72. The molecule has 0 saturated heterocycles. The highest BCUT2D eigenvalue weighted by atomic mass is 35.5. The normalized spacial score (nSPS) is 19.1. The number of aliphatic hydroxyl groups excluding tert-OH is 1. The molecular weight excluding hydrogens is 236 g/mol. The Bertz CT molecular complexity index is 550. The van der Waals surface area contributed by atoms with E-state index in [1.54, 1.807) is 0 Å². The van der Waals surface area contributed by atoms with E-state index in [4.69, 9.17) is 11.6 Å². The highest BCUT2D eigenvalue weighted by Crippen LogP contribution is 2.30.